The Labute approximate surface area is 83.1 Å². The largest absolute Gasteiger partial charge is 0.396 e. The first-order valence-electron chi connectivity index (χ1n) is 4.76. The van der Waals surface area contributed by atoms with E-state index in [1.54, 1.807) is 0 Å². The summed E-state index contributed by atoms with van der Waals surface area (Å²) in [5.74, 6) is 0.574. The fourth-order valence-electron chi connectivity index (χ4n) is 1.68. The number of halogens is 1. The highest BCUT2D eigenvalue weighted by atomic mass is 79.9. The van der Waals surface area contributed by atoms with Crippen LogP contribution in [0.15, 0.2) is 0 Å². The van der Waals surface area contributed by atoms with Gasteiger partial charge in [0.1, 0.15) is 0 Å². The van der Waals surface area contributed by atoms with Gasteiger partial charge in [0, 0.05) is 11.9 Å². The van der Waals surface area contributed by atoms with Crippen molar-refractivity contribution in [3.8, 4) is 0 Å². The van der Waals surface area contributed by atoms with Crippen LogP contribution >= 0.6 is 15.9 Å². The summed E-state index contributed by atoms with van der Waals surface area (Å²) >= 11 is 3.44. The first-order chi connectivity index (χ1) is 5.86. The fraction of sp³-hybridized carbons (Fsp3) is 1.00. The average Bonchev–Trinajstić information content (AvgIpc) is 2.15. The van der Waals surface area contributed by atoms with Crippen molar-refractivity contribution in [2.45, 2.75) is 19.3 Å². The molecule has 1 aliphatic heterocycles. The number of likely N-dealkylation sites (tertiary alicyclic amines) is 1. The summed E-state index contributed by atoms with van der Waals surface area (Å²) in [7, 11) is 0. The SMILES string of the molecule is OCC1CCN(CCCBr)CC1. The van der Waals surface area contributed by atoms with Crippen molar-refractivity contribution < 1.29 is 5.11 Å². The van der Waals surface area contributed by atoms with Crippen molar-refractivity contribution in [1.29, 1.82) is 0 Å². The summed E-state index contributed by atoms with van der Waals surface area (Å²) in [6, 6.07) is 0. The number of hydrogen-bond donors (Lipinski definition) is 1. The Morgan fingerprint density at radius 2 is 2.00 bits per heavy atom. The number of nitrogens with zero attached hydrogens (tertiary/aromatic N) is 1. The molecule has 0 radical (unpaired) electrons. The number of hydrogen-bond acceptors (Lipinski definition) is 2. The van der Waals surface area contributed by atoms with E-state index in [0.717, 1.165) is 5.33 Å². The van der Waals surface area contributed by atoms with Gasteiger partial charge in [0.25, 0.3) is 0 Å². The van der Waals surface area contributed by atoms with Crippen LogP contribution in [0.4, 0.5) is 0 Å². The second-order valence-corrected chi connectivity index (χ2v) is 4.30. The van der Waals surface area contributed by atoms with Gasteiger partial charge in [-0.3, -0.25) is 0 Å². The van der Waals surface area contributed by atoms with E-state index in [1.165, 1.54) is 38.9 Å². The number of aliphatic hydroxyl groups excluding tert-OH is 1. The normalized spacial score (nSPS) is 21.5. The van der Waals surface area contributed by atoms with E-state index in [-0.39, 0.29) is 0 Å². The lowest BCUT2D eigenvalue weighted by atomic mass is 9.98. The van der Waals surface area contributed by atoms with Gasteiger partial charge in [-0.1, -0.05) is 15.9 Å². The maximum absolute atomic E-state index is 8.93. The van der Waals surface area contributed by atoms with E-state index in [1.807, 2.05) is 0 Å². The summed E-state index contributed by atoms with van der Waals surface area (Å²) < 4.78 is 0. The predicted octanol–water partition coefficient (Wildman–Crippen LogP) is 1.48. The van der Waals surface area contributed by atoms with Gasteiger partial charge in [-0.05, 0) is 44.8 Å². The Morgan fingerprint density at radius 3 is 2.50 bits per heavy atom. The zero-order valence-corrected chi connectivity index (χ0v) is 9.09. The van der Waals surface area contributed by atoms with Gasteiger partial charge >= 0.3 is 0 Å². The van der Waals surface area contributed by atoms with Crippen molar-refractivity contribution in [2.75, 3.05) is 31.6 Å². The molecule has 1 rings (SSSR count). The highest BCUT2D eigenvalue weighted by Crippen LogP contribution is 2.16. The molecule has 1 N–H and O–H groups in total. The molecule has 0 aromatic rings. The third kappa shape index (κ3) is 3.42. The van der Waals surface area contributed by atoms with Crippen molar-refractivity contribution in [1.82, 2.24) is 4.90 Å². The standard InChI is InChI=1S/C9H18BrNO/c10-4-1-5-11-6-2-9(8-12)3-7-11/h9,12H,1-8H2. The predicted molar refractivity (Wildman–Crippen MR) is 54.7 cm³/mol. The molecule has 1 fully saturated rings. The Balaban J connectivity index is 2.09. The quantitative estimate of drug-likeness (QED) is 0.747. The molecular formula is C9H18BrNO. The molecule has 1 aliphatic rings. The van der Waals surface area contributed by atoms with Crippen LogP contribution in [0.1, 0.15) is 19.3 Å². The number of aliphatic hydroxyl groups is 1. The van der Waals surface area contributed by atoms with Gasteiger partial charge in [0.05, 0.1) is 0 Å². The summed E-state index contributed by atoms with van der Waals surface area (Å²) in [5.41, 5.74) is 0. The van der Waals surface area contributed by atoms with Crippen molar-refractivity contribution in [2.24, 2.45) is 5.92 Å². The third-order valence-electron chi connectivity index (χ3n) is 2.57. The van der Waals surface area contributed by atoms with Gasteiger partial charge in [-0.25, -0.2) is 0 Å². The summed E-state index contributed by atoms with van der Waals surface area (Å²) in [6.07, 6.45) is 3.60. The molecule has 0 bridgehead atoms. The molecule has 12 heavy (non-hydrogen) atoms. The molecule has 2 nitrogen and oxygen atoms in total. The lowest BCUT2D eigenvalue weighted by molar-refractivity contribution is 0.132. The van der Waals surface area contributed by atoms with Crippen LogP contribution in [0.25, 0.3) is 0 Å². The van der Waals surface area contributed by atoms with E-state index < -0.39 is 0 Å². The molecule has 0 saturated carbocycles. The van der Waals surface area contributed by atoms with Crippen LogP contribution in [-0.2, 0) is 0 Å². The zero-order chi connectivity index (χ0) is 8.81. The maximum atomic E-state index is 8.93. The van der Waals surface area contributed by atoms with E-state index in [2.05, 4.69) is 20.8 Å². The molecule has 0 amide bonds. The smallest absolute Gasteiger partial charge is 0.0460 e. The molecule has 0 aromatic heterocycles. The summed E-state index contributed by atoms with van der Waals surface area (Å²) in [6.45, 7) is 3.95. The van der Waals surface area contributed by atoms with Gasteiger partial charge < -0.3 is 10.0 Å². The minimum absolute atomic E-state index is 0.381. The highest BCUT2D eigenvalue weighted by molar-refractivity contribution is 9.09. The van der Waals surface area contributed by atoms with E-state index in [9.17, 15) is 0 Å². The highest BCUT2D eigenvalue weighted by Gasteiger charge is 2.17. The molecular weight excluding hydrogens is 218 g/mol. The molecule has 1 saturated heterocycles. The van der Waals surface area contributed by atoms with Crippen LogP contribution in [-0.4, -0.2) is 41.6 Å². The minimum Gasteiger partial charge on any atom is -0.396 e. The van der Waals surface area contributed by atoms with Crippen molar-refractivity contribution in [3.05, 3.63) is 0 Å². The lowest BCUT2D eigenvalue weighted by Crippen LogP contribution is -2.35. The van der Waals surface area contributed by atoms with Crippen LogP contribution in [0.5, 0.6) is 0 Å². The fourth-order valence-corrected chi connectivity index (χ4v) is 1.93. The summed E-state index contributed by atoms with van der Waals surface area (Å²) in [4.78, 5) is 2.49. The molecule has 3 heteroatoms. The van der Waals surface area contributed by atoms with Crippen molar-refractivity contribution in [3.63, 3.8) is 0 Å². The van der Waals surface area contributed by atoms with Gasteiger partial charge in [-0.2, -0.15) is 0 Å². The van der Waals surface area contributed by atoms with E-state index in [4.69, 9.17) is 5.11 Å². The lowest BCUT2D eigenvalue weighted by Gasteiger charge is -2.30. The molecule has 72 valence electrons. The molecule has 0 spiro atoms. The molecule has 0 atom stereocenters. The first kappa shape index (κ1) is 10.5. The summed E-state index contributed by atoms with van der Waals surface area (Å²) in [5, 5.41) is 10.0. The monoisotopic (exact) mass is 235 g/mol. The zero-order valence-electron chi connectivity index (χ0n) is 7.51. The van der Waals surface area contributed by atoms with Crippen molar-refractivity contribution >= 4 is 15.9 Å². The van der Waals surface area contributed by atoms with E-state index in [0.29, 0.717) is 12.5 Å². The van der Waals surface area contributed by atoms with Gasteiger partial charge in [0.2, 0.25) is 0 Å². The van der Waals surface area contributed by atoms with Crippen LogP contribution in [0.3, 0.4) is 0 Å². The minimum atomic E-state index is 0.381. The molecule has 0 aromatic carbocycles. The molecule has 1 heterocycles. The maximum Gasteiger partial charge on any atom is 0.0460 e. The van der Waals surface area contributed by atoms with Gasteiger partial charge in [-0.15, -0.1) is 0 Å². The van der Waals surface area contributed by atoms with Crippen LogP contribution in [0.2, 0.25) is 0 Å². The first-order valence-corrected chi connectivity index (χ1v) is 5.88. The third-order valence-corrected chi connectivity index (χ3v) is 3.13. The Bertz CT molecular complexity index is 113. The number of rotatable bonds is 4. The molecule has 0 aliphatic carbocycles. The number of piperidine rings is 1. The molecule has 0 unspecified atom stereocenters. The van der Waals surface area contributed by atoms with Gasteiger partial charge in [0.15, 0.2) is 0 Å². The van der Waals surface area contributed by atoms with E-state index >= 15 is 0 Å². The topological polar surface area (TPSA) is 23.5 Å². The number of alkyl halides is 1. The Hall–Kier alpha value is 0.400. The van der Waals surface area contributed by atoms with Crippen LogP contribution < -0.4 is 0 Å². The average molecular weight is 236 g/mol. The van der Waals surface area contributed by atoms with Crippen LogP contribution in [0, 0.1) is 5.92 Å². The Morgan fingerprint density at radius 1 is 1.33 bits per heavy atom. The Kier molecular flexibility index (Phi) is 5.19. The second-order valence-electron chi connectivity index (χ2n) is 3.51. The second kappa shape index (κ2) is 5.95.